The number of aliphatic hydroxyl groups is 1. The number of aromatic nitrogens is 2. The number of benzene rings is 2. The molecular weight excluding hydrogens is 568 g/mol. The first-order valence-corrected chi connectivity index (χ1v) is 16.4. The van der Waals surface area contributed by atoms with E-state index < -0.39 is 6.10 Å². The van der Waals surface area contributed by atoms with Gasteiger partial charge in [0.25, 0.3) is 11.8 Å². The van der Waals surface area contributed by atoms with Crippen molar-refractivity contribution in [3.05, 3.63) is 83.0 Å². The molecule has 45 heavy (non-hydrogen) atoms. The van der Waals surface area contributed by atoms with E-state index in [1.807, 2.05) is 49.1 Å². The Morgan fingerprint density at radius 3 is 2.38 bits per heavy atom. The van der Waals surface area contributed by atoms with Crippen molar-refractivity contribution in [1.29, 1.82) is 0 Å². The van der Waals surface area contributed by atoms with Crippen LogP contribution in [0.2, 0.25) is 0 Å². The molecule has 4 heterocycles. The van der Waals surface area contributed by atoms with Gasteiger partial charge < -0.3 is 25.0 Å². The number of hydrogen-bond acceptors (Lipinski definition) is 8. The number of piperidine rings is 1. The summed E-state index contributed by atoms with van der Waals surface area (Å²) in [6.45, 7) is 7.76. The SMILES string of the molecule is CCC(CC)Oc1nc(NC2CCN(C(=O)c3ccccc3)C2)cc(C(=O)N2CC[C@@H](N3CCc4ccccc4C3)[C@H](O)C2)n1. The van der Waals surface area contributed by atoms with Gasteiger partial charge in [-0.2, -0.15) is 9.97 Å². The maximum atomic E-state index is 13.8. The van der Waals surface area contributed by atoms with Crippen molar-refractivity contribution < 1.29 is 19.4 Å². The highest BCUT2D eigenvalue weighted by Crippen LogP contribution is 2.27. The molecule has 6 rings (SSSR count). The van der Waals surface area contributed by atoms with E-state index in [9.17, 15) is 14.7 Å². The monoisotopic (exact) mass is 612 g/mol. The van der Waals surface area contributed by atoms with Crippen LogP contribution in [-0.4, -0.2) is 98.6 Å². The predicted octanol–water partition coefficient (Wildman–Crippen LogP) is 4.00. The third kappa shape index (κ3) is 7.12. The molecule has 3 aliphatic rings. The molecule has 0 bridgehead atoms. The lowest BCUT2D eigenvalue weighted by Crippen LogP contribution is -2.56. The molecule has 0 aliphatic carbocycles. The number of carbonyl (C=O) groups excluding carboxylic acids is 2. The van der Waals surface area contributed by atoms with Crippen molar-refractivity contribution in [3.8, 4) is 6.01 Å². The minimum absolute atomic E-state index is 0.00250. The van der Waals surface area contributed by atoms with E-state index >= 15 is 0 Å². The largest absolute Gasteiger partial charge is 0.460 e. The van der Waals surface area contributed by atoms with Gasteiger partial charge in [-0.3, -0.25) is 14.5 Å². The summed E-state index contributed by atoms with van der Waals surface area (Å²) in [5.74, 6) is 0.256. The zero-order chi connectivity index (χ0) is 31.3. The average Bonchev–Trinajstić information content (AvgIpc) is 3.54. The molecule has 10 heteroatoms. The summed E-state index contributed by atoms with van der Waals surface area (Å²) in [6.07, 6.45) is 3.28. The molecule has 10 nitrogen and oxygen atoms in total. The Kier molecular flexibility index (Phi) is 9.61. The van der Waals surface area contributed by atoms with Gasteiger partial charge in [0.05, 0.1) is 6.10 Å². The van der Waals surface area contributed by atoms with Gasteiger partial charge >= 0.3 is 6.01 Å². The maximum Gasteiger partial charge on any atom is 0.319 e. The van der Waals surface area contributed by atoms with Crippen LogP contribution in [0, 0.1) is 0 Å². The molecule has 2 saturated heterocycles. The van der Waals surface area contributed by atoms with Gasteiger partial charge in [-0.05, 0) is 55.4 Å². The molecule has 2 N–H and O–H groups in total. The quantitative estimate of drug-likeness (QED) is 0.373. The Morgan fingerprint density at radius 1 is 0.911 bits per heavy atom. The number of fused-ring (bicyclic) bond motifs is 1. The molecule has 238 valence electrons. The second-order valence-electron chi connectivity index (χ2n) is 12.4. The molecule has 1 unspecified atom stereocenters. The number of nitrogens with zero attached hydrogens (tertiary/aromatic N) is 5. The lowest BCUT2D eigenvalue weighted by Gasteiger charge is -2.43. The number of carbonyl (C=O) groups is 2. The number of ether oxygens (including phenoxy) is 1. The van der Waals surface area contributed by atoms with Gasteiger partial charge in [-0.15, -0.1) is 0 Å². The molecule has 0 radical (unpaired) electrons. The minimum atomic E-state index is -0.653. The van der Waals surface area contributed by atoms with Crippen LogP contribution < -0.4 is 10.1 Å². The Labute approximate surface area is 265 Å². The first-order chi connectivity index (χ1) is 21.9. The Hall–Kier alpha value is -4.02. The lowest BCUT2D eigenvalue weighted by atomic mass is 9.94. The first-order valence-electron chi connectivity index (χ1n) is 16.4. The highest BCUT2D eigenvalue weighted by atomic mass is 16.5. The van der Waals surface area contributed by atoms with Crippen LogP contribution >= 0.6 is 0 Å². The smallest absolute Gasteiger partial charge is 0.319 e. The average molecular weight is 613 g/mol. The fourth-order valence-electron chi connectivity index (χ4n) is 6.79. The topological polar surface area (TPSA) is 111 Å². The zero-order valence-electron chi connectivity index (χ0n) is 26.3. The van der Waals surface area contributed by atoms with E-state index in [1.54, 1.807) is 11.0 Å². The molecule has 2 aromatic carbocycles. The summed E-state index contributed by atoms with van der Waals surface area (Å²) in [5, 5.41) is 14.7. The van der Waals surface area contributed by atoms with Gasteiger partial charge in [0.2, 0.25) is 0 Å². The second-order valence-corrected chi connectivity index (χ2v) is 12.4. The number of β-amino-alcohol motifs (C(OH)–C–C–N with tert-alkyl or cyclic N) is 1. The summed E-state index contributed by atoms with van der Waals surface area (Å²) < 4.78 is 6.11. The number of likely N-dealkylation sites (tertiary alicyclic amines) is 2. The van der Waals surface area contributed by atoms with Gasteiger partial charge in [0.15, 0.2) is 0 Å². The lowest BCUT2D eigenvalue weighted by molar-refractivity contribution is -0.0139. The molecule has 3 atom stereocenters. The van der Waals surface area contributed by atoms with E-state index in [0.717, 1.165) is 38.8 Å². The van der Waals surface area contributed by atoms with Crippen LogP contribution in [0.15, 0.2) is 60.7 Å². The van der Waals surface area contributed by atoms with E-state index in [1.165, 1.54) is 11.1 Å². The van der Waals surface area contributed by atoms with E-state index in [0.29, 0.717) is 37.4 Å². The van der Waals surface area contributed by atoms with Crippen LogP contribution in [0.1, 0.15) is 71.5 Å². The van der Waals surface area contributed by atoms with Crippen LogP contribution in [0.25, 0.3) is 0 Å². The summed E-state index contributed by atoms with van der Waals surface area (Å²) in [4.78, 5) is 41.9. The normalized spacial score (nSPS) is 21.9. The zero-order valence-corrected chi connectivity index (χ0v) is 26.3. The van der Waals surface area contributed by atoms with Crippen molar-refractivity contribution in [3.63, 3.8) is 0 Å². The Morgan fingerprint density at radius 2 is 1.62 bits per heavy atom. The van der Waals surface area contributed by atoms with E-state index in [4.69, 9.17) is 4.74 Å². The molecule has 2 fully saturated rings. The number of hydrogen-bond donors (Lipinski definition) is 2. The molecule has 0 spiro atoms. The Balaban J connectivity index is 1.14. The molecule has 2 amide bonds. The van der Waals surface area contributed by atoms with Gasteiger partial charge in [-0.1, -0.05) is 56.3 Å². The molecule has 0 saturated carbocycles. The summed E-state index contributed by atoms with van der Waals surface area (Å²) in [6, 6.07) is 19.6. The van der Waals surface area contributed by atoms with Crippen molar-refractivity contribution in [1.82, 2.24) is 24.7 Å². The van der Waals surface area contributed by atoms with Crippen LogP contribution in [0.5, 0.6) is 6.01 Å². The molecule has 3 aromatic rings. The highest BCUT2D eigenvalue weighted by molar-refractivity contribution is 5.94. The van der Waals surface area contributed by atoms with E-state index in [-0.39, 0.29) is 48.3 Å². The fraction of sp³-hybridized carbons (Fsp3) is 0.486. The van der Waals surface area contributed by atoms with Gasteiger partial charge in [0.1, 0.15) is 17.6 Å². The maximum absolute atomic E-state index is 13.8. The summed E-state index contributed by atoms with van der Waals surface area (Å²) >= 11 is 0. The van der Waals surface area contributed by atoms with Crippen molar-refractivity contribution in [2.24, 2.45) is 0 Å². The van der Waals surface area contributed by atoms with Crippen LogP contribution in [0.4, 0.5) is 5.82 Å². The van der Waals surface area contributed by atoms with Crippen molar-refractivity contribution in [2.75, 3.05) is 38.0 Å². The van der Waals surface area contributed by atoms with Crippen molar-refractivity contribution >= 4 is 17.6 Å². The second kappa shape index (κ2) is 14.0. The molecule has 3 aliphatic heterocycles. The first kappa shape index (κ1) is 31.0. The van der Waals surface area contributed by atoms with Gasteiger partial charge in [-0.25, -0.2) is 0 Å². The number of nitrogens with one attached hydrogen (secondary N) is 1. The number of aliphatic hydroxyl groups excluding tert-OH is 1. The summed E-state index contributed by atoms with van der Waals surface area (Å²) in [5.41, 5.74) is 3.60. The Bertz CT molecular complexity index is 1480. The van der Waals surface area contributed by atoms with Crippen LogP contribution in [0.3, 0.4) is 0 Å². The standard InChI is InChI=1S/C35H44N6O4/c1-3-28(4-2)45-35-37-29(20-32(38-35)36-27-15-18-40(22-27)33(43)25-11-6-5-7-12-25)34(44)41-19-16-30(31(42)23-41)39-17-14-24-10-8-9-13-26(24)21-39/h5-13,20,27-28,30-31,42H,3-4,14-19,21-23H2,1-2H3,(H,36,37,38)/t27?,30-,31-/m1/s1. The molecular formula is C35H44N6O4. The van der Waals surface area contributed by atoms with Crippen molar-refractivity contribution in [2.45, 2.75) is 76.8 Å². The third-order valence-electron chi connectivity index (χ3n) is 9.42. The predicted molar refractivity (Wildman–Crippen MR) is 172 cm³/mol. The van der Waals surface area contributed by atoms with Gasteiger partial charge in [0, 0.05) is 63.0 Å². The number of amides is 2. The molecule has 1 aromatic heterocycles. The minimum Gasteiger partial charge on any atom is -0.460 e. The fourth-order valence-corrected chi connectivity index (χ4v) is 6.79. The summed E-state index contributed by atoms with van der Waals surface area (Å²) in [7, 11) is 0. The third-order valence-corrected chi connectivity index (χ3v) is 9.42. The number of anilines is 1. The van der Waals surface area contributed by atoms with Crippen LogP contribution in [-0.2, 0) is 13.0 Å². The number of rotatable bonds is 9. The van der Waals surface area contributed by atoms with E-state index in [2.05, 4.69) is 44.5 Å². The highest BCUT2D eigenvalue weighted by Gasteiger charge is 2.36.